The van der Waals surface area contributed by atoms with Crippen LogP contribution < -0.4 is 10.4 Å². The smallest absolute Gasteiger partial charge is 0.0573 e. The lowest BCUT2D eigenvalue weighted by Gasteiger charge is -2.21. The Morgan fingerprint density at radius 2 is 1.92 bits per heavy atom. The minimum atomic E-state index is 0.431. The number of nitrogens with one attached hydrogen (secondary N) is 1. The first-order valence-electron chi connectivity index (χ1n) is 4.57. The molecule has 1 atom stereocenters. The number of hydrogen-bond acceptors (Lipinski definition) is 2. The van der Waals surface area contributed by atoms with Crippen LogP contribution in [0.1, 0.15) is 13.8 Å². The number of para-hydroxylation sites is 1. The quantitative estimate of drug-likeness (QED) is 0.702. The van der Waals surface area contributed by atoms with E-state index in [0.717, 1.165) is 0 Å². The molecule has 0 spiro atoms. The highest BCUT2D eigenvalue weighted by Gasteiger charge is 2.16. The molecule has 2 heteroatoms. The monoisotopic (exact) mass is 174 g/mol. The second kappa shape index (κ2) is 3.23. The topological polar surface area (TPSA) is 15.3 Å². The molecule has 0 aromatic heterocycles. The molecule has 1 aliphatic rings. The highest BCUT2D eigenvalue weighted by atomic mass is 15.5. The average Bonchev–Trinajstić information content (AvgIpc) is 2.47. The van der Waals surface area contributed by atoms with E-state index in [2.05, 4.69) is 42.5 Å². The van der Waals surface area contributed by atoms with Gasteiger partial charge in [0.1, 0.15) is 0 Å². The third-order valence-corrected chi connectivity index (χ3v) is 2.19. The van der Waals surface area contributed by atoms with Gasteiger partial charge in [-0.1, -0.05) is 18.2 Å². The highest BCUT2D eigenvalue weighted by Crippen LogP contribution is 2.20. The van der Waals surface area contributed by atoms with E-state index in [1.807, 2.05) is 18.2 Å². The van der Waals surface area contributed by atoms with Gasteiger partial charge in [0.2, 0.25) is 0 Å². The normalized spacial score (nSPS) is 21.8. The lowest BCUT2D eigenvalue weighted by atomic mass is 10.3. The van der Waals surface area contributed by atoms with Crippen molar-refractivity contribution >= 4 is 5.69 Å². The van der Waals surface area contributed by atoms with Crippen LogP contribution in [0.3, 0.4) is 0 Å². The van der Waals surface area contributed by atoms with Crippen LogP contribution in [0.2, 0.25) is 0 Å². The van der Waals surface area contributed by atoms with E-state index in [0.29, 0.717) is 6.04 Å². The largest absolute Gasteiger partial charge is 0.281 e. The number of rotatable bonds is 1. The fourth-order valence-corrected chi connectivity index (χ4v) is 1.63. The molecule has 2 rings (SSSR count). The zero-order valence-electron chi connectivity index (χ0n) is 7.99. The summed E-state index contributed by atoms with van der Waals surface area (Å²) in [5.74, 6) is 0. The van der Waals surface area contributed by atoms with Gasteiger partial charge >= 0.3 is 0 Å². The first-order chi connectivity index (χ1) is 6.27. The number of hydrogen-bond donors (Lipinski definition) is 1. The SMILES string of the molecule is CC1=CC(C)NN1c1ccccc1. The van der Waals surface area contributed by atoms with Gasteiger partial charge in [0.15, 0.2) is 0 Å². The van der Waals surface area contributed by atoms with Crippen LogP contribution in [-0.2, 0) is 0 Å². The van der Waals surface area contributed by atoms with E-state index in [9.17, 15) is 0 Å². The lowest BCUT2D eigenvalue weighted by Crippen LogP contribution is -2.35. The molecule has 0 amide bonds. The van der Waals surface area contributed by atoms with Crippen molar-refractivity contribution < 1.29 is 0 Å². The summed E-state index contributed by atoms with van der Waals surface area (Å²) in [4.78, 5) is 0. The van der Waals surface area contributed by atoms with E-state index in [1.165, 1.54) is 11.4 Å². The molecule has 1 unspecified atom stereocenters. The third-order valence-electron chi connectivity index (χ3n) is 2.19. The molecular formula is C11H14N2. The number of benzene rings is 1. The summed E-state index contributed by atoms with van der Waals surface area (Å²) in [5, 5.41) is 2.12. The van der Waals surface area contributed by atoms with Crippen molar-refractivity contribution in [2.45, 2.75) is 19.9 Å². The molecule has 0 bridgehead atoms. The van der Waals surface area contributed by atoms with Crippen LogP contribution in [0.15, 0.2) is 42.1 Å². The van der Waals surface area contributed by atoms with Gasteiger partial charge in [0.25, 0.3) is 0 Å². The number of anilines is 1. The van der Waals surface area contributed by atoms with Crippen molar-refractivity contribution in [1.82, 2.24) is 5.43 Å². The summed E-state index contributed by atoms with van der Waals surface area (Å²) in [6.07, 6.45) is 2.22. The molecule has 1 aromatic carbocycles. The van der Waals surface area contributed by atoms with Crippen LogP contribution in [0.5, 0.6) is 0 Å². The van der Waals surface area contributed by atoms with E-state index >= 15 is 0 Å². The van der Waals surface area contributed by atoms with Gasteiger partial charge in [-0.25, -0.2) is 5.43 Å². The van der Waals surface area contributed by atoms with Crippen molar-refractivity contribution in [1.29, 1.82) is 0 Å². The number of nitrogens with zero attached hydrogens (tertiary/aromatic N) is 1. The van der Waals surface area contributed by atoms with Gasteiger partial charge in [-0.3, -0.25) is 5.01 Å². The Labute approximate surface area is 78.8 Å². The molecule has 68 valence electrons. The molecular weight excluding hydrogens is 160 g/mol. The van der Waals surface area contributed by atoms with Crippen LogP contribution in [0, 0.1) is 0 Å². The highest BCUT2D eigenvalue weighted by molar-refractivity contribution is 5.52. The van der Waals surface area contributed by atoms with Crippen LogP contribution >= 0.6 is 0 Å². The molecule has 0 fully saturated rings. The Hall–Kier alpha value is -1.28. The fraction of sp³-hybridized carbons (Fsp3) is 0.273. The van der Waals surface area contributed by atoms with Crippen LogP contribution in [-0.4, -0.2) is 6.04 Å². The van der Waals surface area contributed by atoms with Crippen molar-refractivity contribution in [3.05, 3.63) is 42.1 Å². The third kappa shape index (κ3) is 1.58. The van der Waals surface area contributed by atoms with E-state index in [4.69, 9.17) is 0 Å². The summed E-state index contributed by atoms with van der Waals surface area (Å²) >= 11 is 0. The lowest BCUT2D eigenvalue weighted by molar-refractivity contribution is 0.675. The van der Waals surface area contributed by atoms with Crippen molar-refractivity contribution in [3.63, 3.8) is 0 Å². The molecule has 0 radical (unpaired) electrons. The van der Waals surface area contributed by atoms with E-state index in [-0.39, 0.29) is 0 Å². The number of hydrazine groups is 1. The van der Waals surface area contributed by atoms with Gasteiger partial charge in [0.05, 0.1) is 5.69 Å². The fourth-order valence-electron chi connectivity index (χ4n) is 1.63. The minimum Gasteiger partial charge on any atom is -0.281 e. The van der Waals surface area contributed by atoms with Gasteiger partial charge in [-0.05, 0) is 32.1 Å². The van der Waals surface area contributed by atoms with Crippen LogP contribution in [0.4, 0.5) is 5.69 Å². The second-order valence-corrected chi connectivity index (χ2v) is 3.40. The summed E-state index contributed by atoms with van der Waals surface area (Å²) in [7, 11) is 0. The van der Waals surface area contributed by atoms with Gasteiger partial charge < -0.3 is 0 Å². The maximum Gasteiger partial charge on any atom is 0.0573 e. The predicted molar refractivity (Wildman–Crippen MR) is 55.3 cm³/mol. The zero-order chi connectivity index (χ0) is 9.26. The van der Waals surface area contributed by atoms with E-state index in [1.54, 1.807) is 0 Å². The van der Waals surface area contributed by atoms with Crippen LogP contribution in [0.25, 0.3) is 0 Å². The molecule has 1 aliphatic heterocycles. The van der Waals surface area contributed by atoms with Crippen molar-refractivity contribution in [2.24, 2.45) is 0 Å². The molecule has 0 saturated heterocycles. The summed E-state index contributed by atoms with van der Waals surface area (Å²) in [6, 6.07) is 10.8. The summed E-state index contributed by atoms with van der Waals surface area (Å²) in [5.41, 5.74) is 5.82. The first kappa shape index (κ1) is 8.32. The van der Waals surface area contributed by atoms with Gasteiger partial charge in [-0.2, -0.15) is 0 Å². The first-order valence-corrected chi connectivity index (χ1v) is 4.57. The molecule has 13 heavy (non-hydrogen) atoms. The van der Waals surface area contributed by atoms with Crippen molar-refractivity contribution in [3.8, 4) is 0 Å². The van der Waals surface area contributed by atoms with Gasteiger partial charge in [0, 0.05) is 11.7 Å². The average molecular weight is 174 g/mol. The standard InChI is InChI=1S/C11H14N2/c1-9-8-10(2)13(12-9)11-6-4-3-5-7-11/h3-9,12H,1-2H3. The Bertz CT molecular complexity index is 316. The molecule has 2 nitrogen and oxygen atoms in total. The Morgan fingerprint density at radius 1 is 1.23 bits per heavy atom. The Balaban J connectivity index is 2.25. The minimum absolute atomic E-state index is 0.431. The maximum atomic E-state index is 3.36. The van der Waals surface area contributed by atoms with Crippen molar-refractivity contribution in [2.75, 3.05) is 5.01 Å². The predicted octanol–water partition coefficient (Wildman–Crippen LogP) is 2.30. The van der Waals surface area contributed by atoms with E-state index < -0.39 is 0 Å². The molecule has 0 saturated carbocycles. The Kier molecular flexibility index (Phi) is 2.07. The molecule has 1 heterocycles. The molecule has 0 aliphatic carbocycles. The van der Waals surface area contributed by atoms with Gasteiger partial charge in [-0.15, -0.1) is 0 Å². The Morgan fingerprint density at radius 3 is 2.46 bits per heavy atom. The second-order valence-electron chi connectivity index (χ2n) is 3.40. The number of allylic oxidation sites excluding steroid dienone is 1. The summed E-state index contributed by atoms with van der Waals surface area (Å²) < 4.78 is 0. The maximum absolute atomic E-state index is 3.36. The molecule has 1 aromatic rings. The summed E-state index contributed by atoms with van der Waals surface area (Å²) in [6.45, 7) is 4.26. The zero-order valence-corrected chi connectivity index (χ0v) is 7.99. The molecule has 1 N–H and O–H groups in total.